The molecule has 0 bridgehead atoms. The largest absolute Gasteiger partial charge is 0.598 e. The van der Waals surface area contributed by atoms with Crippen LogP contribution >= 0.6 is 11.6 Å². The van der Waals surface area contributed by atoms with Gasteiger partial charge in [-0.3, -0.25) is 0 Å². The summed E-state index contributed by atoms with van der Waals surface area (Å²) in [6, 6.07) is 7.72. The minimum absolute atomic E-state index is 0.304. The number of hydrogen-bond donors (Lipinski definition) is 1. The van der Waals surface area contributed by atoms with Crippen molar-refractivity contribution in [3.05, 3.63) is 46.9 Å². The second-order valence-electron chi connectivity index (χ2n) is 7.28. The minimum atomic E-state index is -1.28. The van der Waals surface area contributed by atoms with Crippen LogP contribution in [0.15, 0.2) is 30.3 Å². The molecule has 0 aliphatic carbocycles. The zero-order chi connectivity index (χ0) is 18.4. The maximum absolute atomic E-state index is 13.2. The molecule has 2 aromatic rings. The molecule has 25 heavy (non-hydrogen) atoms. The monoisotopic (exact) mass is 382 g/mol. The molecule has 2 heterocycles. The number of ether oxygens (including phenoxy) is 1. The van der Waals surface area contributed by atoms with Gasteiger partial charge in [0.15, 0.2) is 5.75 Å². The molecular formula is C18H20ClFN2O2S. The second-order valence-corrected chi connectivity index (χ2v) is 9.63. The van der Waals surface area contributed by atoms with Crippen LogP contribution in [-0.4, -0.2) is 20.9 Å². The molecule has 1 aromatic heterocycles. The van der Waals surface area contributed by atoms with Gasteiger partial charge in [-0.2, -0.15) is 0 Å². The zero-order valence-electron chi connectivity index (χ0n) is 14.5. The number of nitrogens with one attached hydrogen (secondary N) is 1. The van der Waals surface area contributed by atoms with Crippen molar-refractivity contribution in [2.75, 3.05) is 6.61 Å². The van der Waals surface area contributed by atoms with Crippen molar-refractivity contribution in [3.63, 3.8) is 0 Å². The summed E-state index contributed by atoms with van der Waals surface area (Å²) in [4.78, 5) is 4.35. The van der Waals surface area contributed by atoms with Gasteiger partial charge < -0.3 is 9.29 Å². The van der Waals surface area contributed by atoms with Crippen molar-refractivity contribution >= 4 is 23.0 Å². The number of pyridine rings is 1. The van der Waals surface area contributed by atoms with Crippen LogP contribution in [0, 0.1) is 5.82 Å². The normalized spacial score (nSPS) is 20.9. The third-order valence-electron chi connectivity index (χ3n) is 4.03. The molecule has 7 heteroatoms. The first-order valence-electron chi connectivity index (χ1n) is 7.90. The Hall–Kier alpha value is -1.34. The van der Waals surface area contributed by atoms with Gasteiger partial charge in [-0.25, -0.2) is 9.37 Å². The van der Waals surface area contributed by atoms with Gasteiger partial charge >= 0.3 is 0 Å². The molecule has 0 radical (unpaired) electrons. The number of halogens is 2. The topological polar surface area (TPSA) is 57.2 Å². The summed E-state index contributed by atoms with van der Waals surface area (Å²) in [6.45, 7) is 7.94. The van der Waals surface area contributed by atoms with Crippen LogP contribution in [0.1, 0.15) is 33.3 Å². The highest BCUT2D eigenvalue weighted by Gasteiger charge is 2.44. The highest BCUT2D eigenvalue weighted by molar-refractivity contribution is 7.90. The van der Waals surface area contributed by atoms with Crippen LogP contribution in [0.3, 0.4) is 0 Å². The smallest absolute Gasteiger partial charge is 0.151 e. The first-order chi connectivity index (χ1) is 11.6. The summed E-state index contributed by atoms with van der Waals surface area (Å²) in [5.41, 5.74) is 1.40. The van der Waals surface area contributed by atoms with Crippen LogP contribution < -0.4 is 9.46 Å². The molecule has 1 aliphatic rings. The van der Waals surface area contributed by atoms with Crippen molar-refractivity contribution in [3.8, 4) is 17.0 Å². The number of rotatable bonds is 3. The van der Waals surface area contributed by atoms with Crippen LogP contribution in [0.4, 0.5) is 4.39 Å². The molecule has 3 rings (SSSR count). The second kappa shape index (κ2) is 6.43. The Labute approximate surface area is 155 Å². The quantitative estimate of drug-likeness (QED) is 0.638. The predicted octanol–water partition coefficient (Wildman–Crippen LogP) is 4.20. The summed E-state index contributed by atoms with van der Waals surface area (Å²) < 4.78 is 34.4. The van der Waals surface area contributed by atoms with Gasteiger partial charge in [-0.1, -0.05) is 11.6 Å². The third-order valence-corrected chi connectivity index (χ3v) is 5.98. The van der Waals surface area contributed by atoms with Crippen molar-refractivity contribution in [2.24, 2.45) is 0 Å². The van der Waals surface area contributed by atoms with Crippen LogP contribution in [-0.2, 0) is 16.9 Å². The number of benzene rings is 1. The van der Waals surface area contributed by atoms with E-state index in [-0.39, 0.29) is 5.82 Å². The molecule has 0 saturated carbocycles. The summed E-state index contributed by atoms with van der Waals surface area (Å²) in [6.07, 6.45) is 0. The van der Waals surface area contributed by atoms with E-state index in [1.807, 2.05) is 27.7 Å². The maximum atomic E-state index is 13.2. The van der Waals surface area contributed by atoms with E-state index in [1.54, 1.807) is 18.2 Å². The van der Waals surface area contributed by atoms with Crippen molar-refractivity contribution in [2.45, 2.75) is 38.0 Å². The Kier molecular flexibility index (Phi) is 4.75. The third kappa shape index (κ3) is 3.62. The molecule has 1 aliphatic heterocycles. The summed E-state index contributed by atoms with van der Waals surface area (Å²) in [5, 5.41) is 0.304. The lowest BCUT2D eigenvalue weighted by Crippen LogP contribution is -2.50. The average molecular weight is 383 g/mol. The Morgan fingerprint density at radius 1 is 1.32 bits per heavy atom. The number of fused-ring (bicyclic) bond motifs is 1. The number of aromatic nitrogens is 1. The maximum Gasteiger partial charge on any atom is 0.151 e. The lowest BCUT2D eigenvalue weighted by molar-refractivity contribution is 0.266. The van der Waals surface area contributed by atoms with E-state index < -0.39 is 21.6 Å². The Morgan fingerprint density at radius 2 is 1.96 bits per heavy atom. The van der Waals surface area contributed by atoms with Crippen molar-refractivity contribution < 1.29 is 13.7 Å². The Morgan fingerprint density at radius 3 is 2.56 bits per heavy atom. The molecule has 1 N–H and O–H groups in total. The molecule has 4 nitrogen and oxygen atoms in total. The van der Waals surface area contributed by atoms with E-state index in [9.17, 15) is 8.94 Å². The lowest BCUT2D eigenvalue weighted by Gasteiger charge is -2.31. The highest BCUT2D eigenvalue weighted by atomic mass is 35.5. The Bertz CT molecular complexity index is 795. The van der Waals surface area contributed by atoms with Crippen molar-refractivity contribution in [1.29, 1.82) is 0 Å². The van der Waals surface area contributed by atoms with Crippen LogP contribution in [0.25, 0.3) is 11.3 Å². The first-order valence-corrected chi connectivity index (χ1v) is 9.42. The summed E-state index contributed by atoms with van der Waals surface area (Å²) in [5.74, 6) is 0.257. The van der Waals surface area contributed by atoms with Gasteiger partial charge in [0, 0.05) is 22.5 Å². The van der Waals surface area contributed by atoms with Gasteiger partial charge in [0.1, 0.15) is 33.6 Å². The standard InChI is InChI=1S/C18H20ClFN2O2S/c1-17(2,3)25(23)22-18(4)10-24-16-13(18)9-14(19)21-15(16)11-5-7-12(20)8-6-11/h5-9,22H,10H2,1-4H3/t18?,25-/m0/s1. The van der Waals surface area contributed by atoms with Gasteiger partial charge in [0.2, 0.25) is 0 Å². The van der Waals surface area contributed by atoms with E-state index >= 15 is 0 Å². The zero-order valence-corrected chi connectivity index (χ0v) is 16.1. The van der Waals surface area contributed by atoms with E-state index in [4.69, 9.17) is 16.3 Å². The van der Waals surface area contributed by atoms with E-state index in [0.717, 1.165) is 5.56 Å². The fourth-order valence-corrected chi connectivity index (χ4v) is 3.68. The first kappa shape index (κ1) is 18.5. The van der Waals surface area contributed by atoms with Crippen LogP contribution in [0.5, 0.6) is 5.75 Å². The average Bonchev–Trinajstić information content (AvgIpc) is 2.83. The SMILES string of the molecule is CC1(N[S@@+]([O-])C(C)(C)C)COc2c1cc(Cl)nc2-c1ccc(F)cc1. The molecule has 134 valence electrons. The van der Waals surface area contributed by atoms with Crippen molar-refractivity contribution in [1.82, 2.24) is 9.71 Å². The molecule has 1 unspecified atom stereocenters. The molecule has 0 amide bonds. The Balaban J connectivity index is 2.04. The molecular weight excluding hydrogens is 363 g/mol. The van der Waals surface area contributed by atoms with E-state index in [1.165, 1.54) is 12.1 Å². The molecule has 1 aromatic carbocycles. The van der Waals surface area contributed by atoms with Gasteiger partial charge in [-0.15, -0.1) is 4.72 Å². The highest BCUT2D eigenvalue weighted by Crippen LogP contribution is 2.44. The summed E-state index contributed by atoms with van der Waals surface area (Å²) >= 11 is 4.94. The number of nitrogens with zero attached hydrogens (tertiary/aromatic N) is 1. The predicted molar refractivity (Wildman–Crippen MR) is 98.5 cm³/mol. The molecule has 0 spiro atoms. The molecule has 0 fully saturated rings. The summed E-state index contributed by atoms with van der Waals surface area (Å²) in [7, 11) is 0. The minimum Gasteiger partial charge on any atom is -0.598 e. The lowest BCUT2D eigenvalue weighted by atomic mass is 9.95. The number of hydrogen-bond acceptors (Lipinski definition) is 4. The van der Waals surface area contributed by atoms with Gasteiger partial charge in [-0.05, 0) is 58.0 Å². The molecule has 0 saturated heterocycles. The van der Waals surface area contributed by atoms with E-state index in [0.29, 0.717) is 28.8 Å². The van der Waals surface area contributed by atoms with E-state index in [2.05, 4.69) is 9.71 Å². The fourth-order valence-electron chi connectivity index (χ4n) is 2.60. The van der Waals surface area contributed by atoms with Gasteiger partial charge in [0.25, 0.3) is 0 Å². The van der Waals surface area contributed by atoms with Crippen LogP contribution in [0.2, 0.25) is 5.15 Å². The van der Waals surface area contributed by atoms with Gasteiger partial charge in [0.05, 0.1) is 0 Å². The molecule has 2 atom stereocenters. The fraction of sp³-hybridized carbons (Fsp3) is 0.389.